The van der Waals surface area contributed by atoms with Gasteiger partial charge in [-0.1, -0.05) is 0 Å². The van der Waals surface area contributed by atoms with E-state index in [2.05, 4.69) is 5.10 Å². The topological polar surface area (TPSA) is 152 Å². The number of hydrogen-bond donors (Lipinski definition) is 2. The van der Waals surface area contributed by atoms with Gasteiger partial charge in [0, 0.05) is 6.07 Å². The van der Waals surface area contributed by atoms with Crippen LogP contribution in [0.2, 0.25) is 0 Å². The molecule has 0 aliphatic carbocycles. The van der Waals surface area contributed by atoms with Crippen molar-refractivity contribution in [1.82, 2.24) is 0 Å². The first-order valence-corrected chi connectivity index (χ1v) is 4.76. The van der Waals surface area contributed by atoms with Gasteiger partial charge in [-0.3, -0.25) is 15.5 Å². The van der Waals surface area contributed by atoms with Crippen molar-refractivity contribution in [3.05, 3.63) is 33.6 Å². The van der Waals surface area contributed by atoms with Gasteiger partial charge in [-0.2, -0.15) is 15.6 Å². The highest BCUT2D eigenvalue weighted by Gasteiger charge is 2.25. The lowest BCUT2D eigenvalue weighted by atomic mass is 10.1. The molecule has 0 saturated carbocycles. The number of nitrogens with one attached hydrogen (secondary N) is 1. The Hall–Kier alpha value is -3.53. The van der Waals surface area contributed by atoms with E-state index in [1.807, 2.05) is 5.43 Å². The van der Waals surface area contributed by atoms with Crippen molar-refractivity contribution in [1.29, 1.82) is 10.5 Å². The molecule has 0 saturated heterocycles. The molecule has 1 aromatic rings. The van der Waals surface area contributed by atoms with Gasteiger partial charge in [0.1, 0.15) is 23.5 Å². The molecule has 0 unspecified atom stereocenters. The van der Waals surface area contributed by atoms with Gasteiger partial charge < -0.3 is 5.11 Å². The summed E-state index contributed by atoms with van der Waals surface area (Å²) >= 11 is 0. The Bertz CT molecular complexity index is 685. The minimum absolute atomic E-state index is 0.617. The normalized spacial score (nSPS) is 8.95. The summed E-state index contributed by atoms with van der Waals surface area (Å²) in [5.41, 5.74) is -1.38. The van der Waals surface area contributed by atoms with Crippen LogP contribution < -0.4 is 5.43 Å². The van der Waals surface area contributed by atoms with Gasteiger partial charge in [0.2, 0.25) is 5.71 Å². The molecule has 0 atom stereocenters. The smallest absolute Gasteiger partial charge is 0.341 e. The second-order valence-corrected chi connectivity index (χ2v) is 3.17. The van der Waals surface area contributed by atoms with E-state index in [-0.39, 0.29) is 0 Å². The maximum absolute atomic E-state index is 13.4. The SMILES string of the molecule is N#CC(C#N)=NNc1c([N+](=O)[O-])ccc(F)c1C(=O)O. The van der Waals surface area contributed by atoms with Gasteiger partial charge in [0.25, 0.3) is 5.69 Å². The van der Waals surface area contributed by atoms with Crippen molar-refractivity contribution in [3.8, 4) is 12.1 Å². The van der Waals surface area contributed by atoms with E-state index in [0.29, 0.717) is 6.07 Å². The zero-order chi connectivity index (χ0) is 15.3. The van der Waals surface area contributed by atoms with Crippen LogP contribution in [-0.4, -0.2) is 21.7 Å². The first kappa shape index (κ1) is 14.5. The van der Waals surface area contributed by atoms with E-state index < -0.39 is 39.4 Å². The summed E-state index contributed by atoms with van der Waals surface area (Å²) in [5.74, 6) is -2.99. The molecule has 0 aliphatic rings. The minimum atomic E-state index is -1.76. The van der Waals surface area contributed by atoms with Crippen LogP contribution in [0.15, 0.2) is 17.2 Å². The molecule has 0 spiro atoms. The molecule has 0 fully saturated rings. The molecule has 100 valence electrons. The number of carboxylic acids is 1. The number of anilines is 1. The Labute approximate surface area is 110 Å². The van der Waals surface area contributed by atoms with Crippen molar-refractivity contribution in [2.75, 3.05) is 5.43 Å². The lowest BCUT2D eigenvalue weighted by Gasteiger charge is -2.06. The summed E-state index contributed by atoms with van der Waals surface area (Å²) in [5, 5.41) is 39.7. The Balaban J connectivity index is 3.49. The first-order valence-electron chi connectivity index (χ1n) is 4.76. The standard InChI is InChI=1S/C10H4FN5O4/c11-6-1-2-7(16(19)20)9(8(6)10(17)18)15-14-5(3-12)4-13/h1-2,15H,(H,17,18). The lowest BCUT2D eigenvalue weighted by molar-refractivity contribution is -0.384. The lowest BCUT2D eigenvalue weighted by Crippen LogP contribution is -2.09. The summed E-state index contributed by atoms with van der Waals surface area (Å²) in [6.45, 7) is 0. The van der Waals surface area contributed by atoms with Crippen molar-refractivity contribution >= 4 is 23.1 Å². The first-order chi connectivity index (χ1) is 9.42. The second-order valence-electron chi connectivity index (χ2n) is 3.17. The minimum Gasteiger partial charge on any atom is -0.478 e. The van der Waals surface area contributed by atoms with Gasteiger partial charge in [0.05, 0.1) is 4.92 Å². The number of nitro benzene ring substituents is 1. The molecule has 0 aliphatic heterocycles. The molecule has 0 aromatic heterocycles. The van der Waals surface area contributed by atoms with E-state index in [4.69, 9.17) is 15.6 Å². The van der Waals surface area contributed by atoms with Gasteiger partial charge in [-0.05, 0) is 6.07 Å². The molecule has 1 rings (SSSR count). The quantitative estimate of drug-likeness (QED) is 0.477. The number of hydrazone groups is 1. The average molecular weight is 277 g/mol. The van der Waals surface area contributed by atoms with Gasteiger partial charge in [-0.15, -0.1) is 0 Å². The number of hydrogen-bond acceptors (Lipinski definition) is 7. The Kier molecular flexibility index (Phi) is 4.27. The molecule has 0 heterocycles. The van der Waals surface area contributed by atoms with E-state index in [0.717, 1.165) is 6.07 Å². The van der Waals surface area contributed by atoms with Crippen LogP contribution >= 0.6 is 0 Å². The monoisotopic (exact) mass is 277 g/mol. The number of carboxylic acid groups (broad SMARTS) is 1. The third-order valence-corrected chi connectivity index (χ3v) is 2.03. The van der Waals surface area contributed by atoms with Gasteiger partial charge in [-0.25, -0.2) is 9.18 Å². The van der Waals surface area contributed by atoms with Crippen LogP contribution in [0.4, 0.5) is 15.8 Å². The number of aromatic carboxylic acids is 1. The van der Waals surface area contributed by atoms with Crippen LogP contribution in [0.25, 0.3) is 0 Å². The zero-order valence-electron chi connectivity index (χ0n) is 9.49. The van der Waals surface area contributed by atoms with Gasteiger partial charge in [0.15, 0.2) is 5.69 Å². The Morgan fingerprint density at radius 2 is 2.05 bits per heavy atom. The molecule has 9 nitrogen and oxygen atoms in total. The second kappa shape index (κ2) is 5.88. The summed E-state index contributed by atoms with van der Waals surface area (Å²) in [6, 6.07) is 4.05. The number of nitriles is 2. The number of carbonyl (C=O) groups is 1. The fourth-order valence-electron chi connectivity index (χ4n) is 1.23. The Morgan fingerprint density at radius 3 is 2.50 bits per heavy atom. The molecular weight excluding hydrogens is 273 g/mol. The number of nitrogens with zero attached hydrogens (tertiary/aromatic N) is 4. The van der Waals surface area contributed by atoms with E-state index in [9.17, 15) is 19.3 Å². The largest absolute Gasteiger partial charge is 0.478 e. The van der Waals surface area contributed by atoms with Crippen LogP contribution in [0.1, 0.15) is 10.4 Å². The predicted octanol–water partition coefficient (Wildman–Crippen LogP) is 1.25. The number of benzene rings is 1. The molecule has 2 N–H and O–H groups in total. The van der Waals surface area contributed by atoms with Crippen LogP contribution in [0, 0.1) is 38.6 Å². The molecule has 0 radical (unpaired) electrons. The van der Waals surface area contributed by atoms with Gasteiger partial charge >= 0.3 is 5.97 Å². The van der Waals surface area contributed by atoms with Crippen molar-refractivity contribution in [2.45, 2.75) is 0 Å². The molecule has 0 bridgehead atoms. The molecule has 10 heteroatoms. The van der Waals surface area contributed by atoms with Crippen molar-refractivity contribution in [3.63, 3.8) is 0 Å². The molecular formula is C10H4FN5O4. The third kappa shape index (κ3) is 2.83. The zero-order valence-corrected chi connectivity index (χ0v) is 9.49. The summed E-state index contributed by atoms with van der Waals surface area (Å²) in [6.07, 6.45) is 0. The summed E-state index contributed by atoms with van der Waals surface area (Å²) < 4.78 is 13.4. The third-order valence-electron chi connectivity index (χ3n) is 2.03. The summed E-state index contributed by atoms with van der Waals surface area (Å²) in [7, 11) is 0. The maximum atomic E-state index is 13.4. The van der Waals surface area contributed by atoms with E-state index in [1.54, 1.807) is 0 Å². The average Bonchev–Trinajstić information content (AvgIpc) is 2.39. The molecule has 1 aromatic carbocycles. The van der Waals surface area contributed by atoms with Crippen LogP contribution in [0.5, 0.6) is 0 Å². The maximum Gasteiger partial charge on any atom is 0.341 e. The van der Waals surface area contributed by atoms with Crippen LogP contribution in [0.3, 0.4) is 0 Å². The molecule has 0 amide bonds. The van der Waals surface area contributed by atoms with E-state index >= 15 is 0 Å². The van der Waals surface area contributed by atoms with Crippen molar-refractivity contribution in [2.24, 2.45) is 5.10 Å². The fourth-order valence-corrected chi connectivity index (χ4v) is 1.23. The number of rotatable bonds is 4. The van der Waals surface area contributed by atoms with Crippen LogP contribution in [-0.2, 0) is 0 Å². The number of halogens is 1. The molecule has 20 heavy (non-hydrogen) atoms. The number of nitro groups is 1. The predicted molar refractivity (Wildman–Crippen MR) is 62.3 cm³/mol. The van der Waals surface area contributed by atoms with E-state index in [1.165, 1.54) is 12.1 Å². The fraction of sp³-hybridized carbons (Fsp3) is 0. The highest BCUT2D eigenvalue weighted by Crippen LogP contribution is 2.30. The Morgan fingerprint density at radius 1 is 1.45 bits per heavy atom. The summed E-state index contributed by atoms with van der Waals surface area (Å²) in [4.78, 5) is 20.7. The van der Waals surface area contributed by atoms with Crippen molar-refractivity contribution < 1.29 is 19.2 Å². The highest BCUT2D eigenvalue weighted by molar-refractivity contribution is 6.10. The highest BCUT2D eigenvalue weighted by atomic mass is 19.1.